The number of terminal acetylenes is 1. The third kappa shape index (κ3) is 5.89. The zero-order valence-electron chi connectivity index (χ0n) is 11.2. The Morgan fingerprint density at radius 2 is 2.06 bits per heavy atom. The molecular formula is C13H23N3O2. The Morgan fingerprint density at radius 1 is 1.39 bits per heavy atom. The van der Waals surface area contributed by atoms with Gasteiger partial charge in [0, 0.05) is 26.2 Å². The Hall–Kier alpha value is -1.25. The molecule has 0 unspecified atom stereocenters. The molecule has 1 rings (SSSR count). The van der Waals surface area contributed by atoms with Gasteiger partial charge in [0.25, 0.3) is 0 Å². The maximum absolute atomic E-state index is 11.2. The van der Waals surface area contributed by atoms with E-state index in [0.29, 0.717) is 18.8 Å². The van der Waals surface area contributed by atoms with Gasteiger partial charge < -0.3 is 15.4 Å². The van der Waals surface area contributed by atoms with Crippen molar-refractivity contribution in [2.24, 2.45) is 0 Å². The minimum Gasteiger partial charge on any atom is -0.373 e. The van der Waals surface area contributed by atoms with E-state index in [0.717, 1.165) is 26.1 Å². The van der Waals surface area contributed by atoms with Crippen LogP contribution in [0, 0.1) is 12.3 Å². The molecule has 2 N–H and O–H groups in total. The van der Waals surface area contributed by atoms with Crippen molar-refractivity contribution in [3.8, 4) is 12.3 Å². The molecule has 0 spiro atoms. The summed E-state index contributed by atoms with van der Waals surface area (Å²) in [5.41, 5.74) is 0. The van der Waals surface area contributed by atoms with E-state index >= 15 is 0 Å². The predicted octanol–water partition coefficient (Wildman–Crippen LogP) is 0.418. The maximum atomic E-state index is 11.2. The van der Waals surface area contributed by atoms with Crippen molar-refractivity contribution in [1.82, 2.24) is 15.5 Å². The quantitative estimate of drug-likeness (QED) is 0.551. The highest BCUT2D eigenvalue weighted by atomic mass is 16.5. The third-order valence-electron chi connectivity index (χ3n) is 2.78. The van der Waals surface area contributed by atoms with Crippen LogP contribution in [0.15, 0.2) is 0 Å². The number of morpholine rings is 1. The number of nitrogens with one attached hydrogen (secondary N) is 2. The summed E-state index contributed by atoms with van der Waals surface area (Å²) in [6.07, 6.45) is 6.56. The maximum Gasteiger partial charge on any atom is 0.315 e. The zero-order chi connectivity index (χ0) is 13.4. The average Bonchev–Trinajstić information content (AvgIpc) is 2.31. The number of carbonyl (C=O) groups excluding carboxylic acids is 1. The van der Waals surface area contributed by atoms with E-state index in [9.17, 15) is 4.79 Å². The summed E-state index contributed by atoms with van der Waals surface area (Å²) in [7, 11) is 0. The minimum absolute atomic E-state index is 0.198. The summed E-state index contributed by atoms with van der Waals surface area (Å²) in [5.74, 6) is 2.36. The molecule has 1 fully saturated rings. The molecule has 5 heteroatoms. The van der Waals surface area contributed by atoms with Crippen LogP contribution in [0.25, 0.3) is 0 Å². The smallest absolute Gasteiger partial charge is 0.315 e. The van der Waals surface area contributed by atoms with Gasteiger partial charge in [0.15, 0.2) is 0 Å². The van der Waals surface area contributed by atoms with Crippen molar-refractivity contribution in [2.45, 2.75) is 32.5 Å². The van der Waals surface area contributed by atoms with Crippen LogP contribution in [0.3, 0.4) is 0 Å². The van der Waals surface area contributed by atoms with Gasteiger partial charge in [-0.15, -0.1) is 6.42 Å². The van der Waals surface area contributed by atoms with Crippen LogP contribution in [0.2, 0.25) is 0 Å². The Balaban J connectivity index is 2.07. The Labute approximate surface area is 109 Å². The van der Waals surface area contributed by atoms with Crippen molar-refractivity contribution >= 4 is 6.03 Å². The number of rotatable bonds is 5. The van der Waals surface area contributed by atoms with Crippen LogP contribution in [0.5, 0.6) is 0 Å². The molecule has 2 atom stereocenters. The molecule has 0 aromatic rings. The van der Waals surface area contributed by atoms with E-state index in [1.807, 2.05) is 0 Å². The van der Waals surface area contributed by atoms with Gasteiger partial charge in [0.2, 0.25) is 0 Å². The molecule has 2 amide bonds. The number of hydrogen-bond donors (Lipinski definition) is 2. The first kappa shape index (κ1) is 14.8. The summed E-state index contributed by atoms with van der Waals surface area (Å²) in [5, 5.41) is 5.34. The van der Waals surface area contributed by atoms with Crippen molar-refractivity contribution in [2.75, 3.05) is 32.7 Å². The Bertz CT molecular complexity index is 291. The standard InChI is InChI=1S/C13H23N3O2/c1-4-6-14-13(17)15-7-5-8-16-9-11(2)18-12(3)10-16/h1,11-12H,5-10H2,2-3H3,(H2,14,15,17)/t11-,12-/m1/s1. The van der Waals surface area contributed by atoms with Gasteiger partial charge in [-0.25, -0.2) is 4.79 Å². The first-order chi connectivity index (χ1) is 8.61. The monoisotopic (exact) mass is 253 g/mol. The summed E-state index contributed by atoms with van der Waals surface area (Å²) in [6.45, 7) is 8.03. The lowest BCUT2D eigenvalue weighted by Gasteiger charge is -2.35. The summed E-state index contributed by atoms with van der Waals surface area (Å²) in [4.78, 5) is 13.6. The van der Waals surface area contributed by atoms with Crippen molar-refractivity contribution in [1.29, 1.82) is 0 Å². The van der Waals surface area contributed by atoms with Crippen molar-refractivity contribution < 1.29 is 9.53 Å². The van der Waals surface area contributed by atoms with Crippen LogP contribution in [0.1, 0.15) is 20.3 Å². The lowest BCUT2D eigenvalue weighted by atomic mass is 10.2. The van der Waals surface area contributed by atoms with Crippen LogP contribution in [0.4, 0.5) is 4.79 Å². The van der Waals surface area contributed by atoms with E-state index in [4.69, 9.17) is 11.2 Å². The van der Waals surface area contributed by atoms with Crippen molar-refractivity contribution in [3.63, 3.8) is 0 Å². The molecule has 18 heavy (non-hydrogen) atoms. The SMILES string of the molecule is C#CCNC(=O)NCCCN1C[C@@H](C)O[C@H](C)C1. The van der Waals surface area contributed by atoms with Gasteiger partial charge in [-0.2, -0.15) is 0 Å². The molecular weight excluding hydrogens is 230 g/mol. The Morgan fingerprint density at radius 3 is 2.67 bits per heavy atom. The van der Waals surface area contributed by atoms with E-state index in [1.54, 1.807) is 0 Å². The highest BCUT2D eigenvalue weighted by Gasteiger charge is 2.21. The van der Waals surface area contributed by atoms with Gasteiger partial charge in [-0.05, 0) is 20.3 Å². The molecule has 1 heterocycles. The van der Waals surface area contributed by atoms with Crippen LogP contribution >= 0.6 is 0 Å². The van der Waals surface area contributed by atoms with E-state index in [2.05, 4.69) is 35.3 Å². The second-order valence-electron chi connectivity index (χ2n) is 4.68. The highest BCUT2D eigenvalue weighted by molar-refractivity contribution is 5.73. The molecule has 102 valence electrons. The molecule has 1 aliphatic rings. The number of urea groups is 1. The average molecular weight is 253 g/mol. The number of ether oxygens (including phenoxy) is 1. The largest absolute Gasteiger partial charge is 0.373 e. The first-order valence-electron chi connectivity index (χ1n) is 6.44. The second-order valence-corrected chi connectivity index (χ2v) is 4.68. The number of carbonyl (C=O) groups is 1. The van der Waals surface area contributed by atoms with Gasteiger partial charge in [-0.3, -0.25) is 4.90 Å². The van der Waals surface area contributed by atoms with Crippen LogP contribution in [-0.2, 0) is 4.74 Å². The molecule has 0 aromatic heterocycles. The summed E-state index contributed by atoms with van der Waals surface area (Å²) >= 11 is 0. The van der Waals surface area contributed by atoms with Crippen molar-refractivity contribution in [3.05, 3.63) is 0 Å². The zero-order valence-corrected chi connectivity index (χ0v) is 11.2. The molecule has 0 aliphatic carbocycles. The summed E-state index contributed by atoms with van der Waals surface area (Å²) in [6, 6.07) is -0.198. The molecule has 1 aliphatic heterocycles. The van der Waals surface area contributed by atoms with Gasteiger partial charge in [0.1, 0.15) is 0 Å². The molecule has 0 saturated carbocycles. The number of hydrogen-bond acceptors (Lipinski definition) is 3. The first-order valence-corrected chi connectivity index (χ1v) is 6.44. The van der Waals surface area contributed by atoms with Crippen LogP contribution in [-0.4, -0.2) is 55.9 Å². The fourth-order valence-electron chi connectivity index (χ4n) is 2.17. The molecule has 0 aromatic carbocycles. The molecule has 0 radical (unpaired) electrons. The predicted molar refractivity (Wildman–Crippen MR) is 71.3 cm³/mol. The molecule has 5 nitrogen and oxygen atoms in total. The van der Waals surface area contributed by atoms with Crippen LogP contribution < -0.4 is 10.6 Å². The minimum atomic E-state index is -0.198. The highest BCUT2D eigenvalue weighted by Crippen LogP contribution is 2.10. The van der Waals surface area contributed by atoms with E-state index in [-0.39, 0.29) is 12.6 Å². The number of nitrogens with zero attached hydrogens (tertiary/aromatic N) is 1. The van der Waals surface area contributed by atoms with E-state index < -0.39 is 0 Å². The molecule has 0 bridgehead atoms. The second kappa shape index (κ2) is 7.96. The summed E-state index contributed by atoms with van der Waals surface area (Å²) < 4.78 is 5.67. The lowest BCUT2D eigenvalue weighted by Crippen LogP contribution is -2.46. The molecule has 1 saturated heterocycles. The number of amides is 2. The lowest BCUT2D eigenvalue weighted by molar-refractivity contribution is -0.0679. The Kier molecular flexibility index (Phi) is 6.55. The fourth-order valence-corrected chi connectivity index (χ4v) is 2.17. The van der Waals surface area contributed by atoms with Gasteiger partial charge in [0.05, 0.1) is 18.8 Å². The topological polar surface area (TPSA) is 53.6 Å². The van der Waals surface area contributed by atoms with Gasteiger partial charge in [-0.1, -0.05) is 5.92 Å². The third-order valence-corrected chi connectivity index (χ3v) is 2.78. The van der Waals surface area contributed by atoms with Gasteiger partial charge >= 0.3 is 6.03 Å². The normalized spacial score (nSPS) is 24.3. The fraction of sp³-hybridized carbons (Fsp3) is 0.769. The van der Waals surface area contributed by atoms with E-state index in [1.165, 1.54) is 0 Å².